The van der Waals surface area contributed by atoms with Gasteiger partial charge in [0.05, 0.1) is 32.8 Å². The van der Waals surface area contributed by atoms with Crippen molar-refractivity contribution in [3.8, 4) is 0 Å². The Hall–Kier alpha value is -4.33. The molecule has 2 fully saturated rings. The molecule has 6 atom stereocenters. The van der Waals surface area contributed by atoms with Crippen LogP contribution >= 0.6 is 0 Å². The molecule has 0 aliphatic carbocycles. The summed E-state index contributed by atoms with van der Waals surface area (Å²) in [6.07, 6.45) is -3.30. The van der Waals surface area contributed by atoms with Crippen LogP contribution in [0.4, 0.5) is 4.79 Å². The third-order valence-corrected chi connectivity index (χ3v) is 8.48. The molecule has 52 heavy (non-hydrogen) atoms. The second kappa shape index (κ2) is 19.5. The third-order valence-electron chi connectivity index (χ3n) is 8.48. The van der Waals surface area contributed by atoms with Crippen LogP contribution in [0, 0.1) is 0 Å². The second-order valence-electron chi connectivity index (χ2n) is 13.9. The van der Waals surface area contributed by atoms with E-state index in [1.165, 1.54) is 0 Å². The quantitative estimate of drug-likeness (QED) is 0.168. The fourth-order valence-corrected chi connectivity index (χ4v) is 5.95. The number of fused-ring (bicyclic) bond motifs is 1. The first-order chi connectivity index (χ1) is 25.1. The summed E-state index contributed by atoms with van der Waals surface area (Å²) >= 11 is 0. The van der Waals surface area contributed by atoms with Gasteiger partial charge < -0.3 is 44.4 Å². The van der Waals surface area contributed by atoms with Crippen LogP contribution in [0.15, 0.2) is 91.0 Å². The highest BCUT2D eigenvalue weighted by Gasteiger charge is 2.52. The Morgan fingerprint density at radius 2 is 1.27 bits per heavy atom. The average Bonchev–Trinajstić information content (AvgIpc) is 3.12. The van der Waals surface area contributed by atoms with Crippen molar-refractivity contribution in [3.05, 3.63) is 108 Å². The summed E-state index contributed by atoms with van der Waals surface area (Å²) in [5.74, 6) is -0.770. The van der Waals surface area contributed by atoms with Gasteiger partial charge in [0.1, 0.15) is 36.1 Å². The lowest BCUT2D eigenvalue weighted by molar-refractivity contribution is -0.306. The van der Waals surface area contributed by atoms with Crippen LogP contribution in [0.3, 0.4) is 0 Å². The van der Waals surface area contributed by atoms with Crippen LogP contribution in [-0.2, 0) is 57.8 Å². The first-order valence-electron chi connectivity index (χ1n) is 17.9. The monoisotopic (exact) mass is 717 g/mol. The average molecular weight is 718 g/mol. The first-order valence-corrected chi connectivity index (χ1v) is 17.9. The molecule has 3 N–H and O–H groups in total. The van der Waals surface area contributed by atoms with Crippen molar-refractivity contribution in [2.75, 3.05) is 19.7 Å². The van der Waals surface area contributed by atoms with Gasteiger partial charge in [-0.05, 0) is 50.3 Å². The van der Waals surface area contributed by atoms with Crippen molar-refractivity contribution in [2.24, 2.45) is 0 Å². The molecule has 3 aromatic rings. The number of carbonyl (C=O) groups is 3. The van der Waals surface area contributed by atoms with Gasteiger partial charge in [-0.1, -0.05) is 91.0 Å². The van der Waals surface area contributed by atoms with E-state index in [9.17, 15) is 14.4 Å². The lowest BCUT2D eigenvalue weighted by atomic mass is 9.94. The number of ether oxygens (including phenoxy) is 6. The SMILES string of the molecule is CC(C)(C)OC(=O)NCCCCNC(=O)C[C@@H]1O[C@H]2O[C@H](COCc3ccccc3)[C@H](OCc3ccccc3)[C@H](OCc3ccccc3)[C@H]2NC1=O. The minimum atomic E-state index is -1.07. The van der Waals surface area contributed by atoms with E-state index in [-0.39, 0.29) is 25.5 Å². The number of morpholine rings is 1. The molecule has 0 unspecified atom stereocenters. The zero-order valence-electron chi connectivity index (χ0n) is 30.2. The van der Waals surface area contributed by atoms with Crippen molar-refractivity contribution in [3.63, 3.8) is 0 Å². The maximum absolute atomic E-state index is 13.4. The normalized spacial score (nSPS) is 22.9. The number of benzene rings is 3. The Balaban J connectivity index is 1.22. The lowest BCUT2D eigenvalue weighted by Crippen LogP contribution is -2.70. The highest BCUT2D eigenvalue weighted by molar-refractivity contribution is 5.88. The molecule has 12 nitrogen and oxygen atoms in total. The lowest BCUT2D eigenvalue weighted by Gasteiger charge is -2.49. The molecule has 2 aliphatic rings. The van der Waals surface area contributed by atoms with E-state index in [4.69, 9.17) is 28.4 Å². The van der Waals surface area contributed by atoms with Gasteiger partial charge in [-0.25, -0.2) is 4.79 Å². The fraction of sp³-hybridized carbons (Fsp3) is 0.475. The summed E-state index contributed by atoms with van der Waals surface area (Å²) in [5.41, 5.74) is 2.38. The molecule has 5 rings (SSSR count). The molecule has 0 radical (unpaired) electrons. The maximum Gasteiger partial charge on any atom is 0.407 e. The summed E-state index contributed by atoms with van der Waals surface area (Å²) in [5, 5.41) is 8.58. The fourth-order valence-electron chi connectivity index (χ4n) is 5.95. The summed E-state index contributed by atoms with van der Waals surface area (Å²) in [6, 6.07) is 28.7. The molecule has 2 heterocycles. The number of carbonyl (C=O) groups excluding carboxylic acids is 3. The Kier molecular flexibility index (Phi) is 14.6. The van der Waals surface area contributed by atoms with Crippen LogP contribution in [0.1, 0.15) is 56.7 Å². The maximum atomic E-state index is 13.4. The Morgan fingerprint density at radius 1 is 0.731 bits per heavy atom. The number of hydrogen-bond donors (Lipinski definition) is 3. The molecule has 3 aromatic carbocycles. The standard InChI is InChI=1S/C40H51N3O9/c1-40(2,3)52-39(46)42-22-14-13-21-41-33(44)23-31-37(45)43-34-36(49-26-30-19-11-6-12-20-30)35(48-25-29-17-9-5-10-18-29)32(51-38(34)50-31)27-47-24-28-15-7-4-8-16-28/h4-12,15-20,31-32,34-36,38H,13-14,21-27H2,1-3H3,(H,41,44)(H,42,46)(H,43,45)/t31-,32+,34+,35-,36+,38-/m0/s1. The predicted molar refractivity (Wildman–Crippen MR) is 193 cm³/mol. The summed E-state index contributed by atoms with van der Waals surface area (Å²) < 4.78 is 37.2. The number of amides is 3. The minimum Gasteiger partial charge on any atom is -0.444 e. The van der Waals surface area contributed by atoms with Crippen molar-refractivity contribution in [1.82, 2.24) is 16.0 Å². The molecule has 280 valence electrons. The van der Waals surface area contributed by atoms with Crippen molar-refractivity contribution in [1.29, 1.82) is 0 Å². The second-order valence-corrected chi connectivity index (χ2v) is 13.9. The van der Waals surface area contributed by atoms with Gasteiger partial charge in [-0.2, -0.15) is 0 Å². The van der Waals surface area contributed by atoms with Crippen molar-refractivity contribution < 1.29 is 42.8 Å². The van der Waals surface area contributed by atoms with Crippen LogP contribution in [0.25, 0.3) is 0 Å². The smallest absolute Gasteiger partial charge is 0.407 e. The Labute approximate surface area is 305 Å². The summed E-state index contributed by atoms with van der Waals surface area (Å²) in [6.45, 7) is 7.30. The van der Waals surface area contributed by atoms with Crippen LogP contribution in [0.2, 0.25) is 0 Å². The molecular formula is C40H51N3O9. The zero-order valence-corrected chi connectivity index (χ0v) is 30.2. The van der Waals surface area contributed by atoms with E-state index in [0.717, 1.165) is 16.7 Å². The zero-order chi connectivity index (χ0) is 36.8. The third kappa shape index (κ3) is 12.4. The van der Waals surface area contributed by atoms with E-state index >= 15 is 0 Å². The van der Waals surface area contributed by atoms with Gasteiger partial charge >= 0.3 is 6.09 Å². The van der Waals surface area contributed by atoms with Crippen molar-refractivity contribution in [2.45, 2.75) is 102 Å². The van der Waals surface area contributed by atoms with Gasteiger partial charge in [-0.3, -0.25) is 9.59 Å². The number of nitrogens with one attached hydrogen (secondary N) is 3. The molecule has 12 heteroatoms. The molecule has 0 bridgehead atoms. The molecule has 0 aromatic heterocycles. The van der Waals surface area contributed by atoms with E-state index in [0.29, 0.717) is 39.1 Å². The number of alkyl carbamates (subject to hydrolysis) is 1. The van der Waals surface area contributed by atoms with Crippen LogP contribution in [-0.4, -0.2) is 80.0 Å². The van der Waals surface area contributed by atoms with Gasteiger partial charge in [0.2, 0.25) is 11.8 Å². The van der Waals surface area contributed by atoms with E-state index < -0.39 is 54.3 Å². The van der Waals surface area contributed by atoms with Crippen molar-refractivity contribution >= 4 is 17.9 Å². The van der Waals surface area contributed by atoms with Crippen LogP contribution in [0.5, 0.6) is 0 Å². The molecule has 0 spiro atoms. The van der Waals surface area contributed by atoms with Gasteiger partial charge in [0, 0.05) is 13.1 Å². The molecule has 3 amide bonds. The number of rotatable bonds is 17. The molecular weight excluding hydrogens is 666 g/mol. The molecule has 0 saturated carbocycles. The van der Waals surface area contributed by atoms with Crippen LogP contribution < -0.4 is 16.0 Å². The topological polar surface area (TPSA) is 143 Å². The number of unbranched alkanes of at least 4 members (excludes halogenated alkanes) is 1. The minimum absolute atomic E-state index is 0.175. The Morgan fingerprint density at radius 3 is 1.85 bits per heavy atom. The van der Waals surface area contributed by atoms with E-state index in [1.54, 1.807) is 20.8 Å². The highest BCUT2D eigenvalue weighted by Crippen LogP contribution is 2.32. The van der Waals surface area contributed by atoms with Gasteiger partial charge in [-0.15, -0.1) is 0 Å². The largest absolute Gasteiger partial charge is 0.444 e. The summed E-state index contributed by atoms with van der Waals surface area (Å²) in [4.78, 5) is 38.1. The van der Waals surface area contributed by atoms with E-state index in [2.05, 4.69) is 16.0 Å². The predicted octanol–water partition coefficient (Wildman–Crippen LogP) is 4.79. The molecule has 2 saturated heterocycles. The first kappa shape index (κ1) is 38.9. The highest BCUT2D eigenvalue weighted by atomic mass is 16.7. The summed E-state index contributed by atoms with van der Waals surface area (Å²) in [7, 11) is 0. The molecule has 2 aliphatic heterocycles. The number of hydrogen-bond acceptors (Lipinski definition) is 9. The van der Waals surface area contributed by atoms with Gasteiger partial charge in [0.25, 0.3) is 0 Å². The Bertz CT molecular complexity index is 1540. The van der Waals surface area contributed by atoms with Gasteiger partial charge in [0.15, 0.2) is 6.29 Å². The van der Waals surface area contributed by atoms with E-state index in [1.807, 2.05) is 91.0 Å².